The van der Waals surface area contributed by atoms with Crippen LogP contribution in [0, 0.1) is 0 Å². The van der Waals surface area contributed by atoms with Gasteiger partial charge in [-0.25, -0.2) is 9.48 Å². The summed E-state index contributed by atoms with van der Waals surface area (Å²) in [5, 5.41) is 4.26. The fourth-order valence-electron chi connectivity index (χ4n) is 3.96. The van der Waals surface area contributed by atoms with E-state index in [9.17, 15) is 14.4 Å². The topological polar surface area (TPSA) is 93.0 Å². The van der Waals surface area contributed by atoms with Crippen molar-refractivity contribution in [1.82, 2.24) is 24.2 Å². The maximum atomic E-state index is 12.9. The predicted molar refractivity (Wildman–Crippen MR) is 110 cm³/mol. The molecule has 1 saturated heterocycles. The van der Waals surface area contributed by atoms with Crippen molar-refractivity contribution in [2.24, 2.45) is 0 Å². The standard InChI is InChI=1S/C21H25N5O3/c1-2-3-12-25-19(27)9-8-17(23-25)20(28)24-13-10-15(11-14-24)26-18-7-5-4-6-16(18)22-21(26)29/h4-9,15H,2-3,10-14H2,1H3,(H,22,29). The number of fused-ring (bicyclic) bond motifs is 1. The van der Waals surface area contributed by atoms with Gasteiger partial charge in [0.1, 0.15) is 5.69 Å². The first-order valence-electron chi connectivity index (χ1n) is 10.1. The molecule has 1 fully saturated rings. The average Bonchev–Trinajstić information content (AvgIpc) is 3.08. The van der Waals surface area contributed by atoms with Gasteiger partial charge in [0.25, 0.3) is 11.5 Å². The third kappa shape index (κ3) is 3.74. The number of benzene rings is 1. The Morgan fingerprint density at radius 2 is 1.90 bits per heavy atom. The molecule has 0 saturated carbocycles. The summed E-state index contributed by atoms with van der Waals surface area (Å²) in [6, 6.07) is 10.6. The Morgan fingerprint density at radius 1 is 1.14 bits per heavy atom. The van der Waals surface area contributed by atoms with E-state index >= 15 is 0 Å². The SMILES string of the molecule is CCCCn1nc(C(=O)N2CCC(n3c(=O)[nH]c4ccccc43)CC2)ccc1=O. The molecule has 4 rings (SSSR count). The molecular formula is C21H25N5O3. The van der Waals surface area contributed by atoms with Crippen LogP contribution in [0.15, 0.2) is 46.0 Å². The third-order valence-corrected chi connectivity index (χ3v) is 5.55. The Morgan fingerprint density at radius 3 is 2.66 bits per heavy atom. The first-order chi connectivity index (χ1) is 14.1. The molecule has 0 unspecified atom stereocenters. The molecule has 8 heteroatoms. The summed E-state index contributed by atoms with van der Waals surface area (Å²) in [6.45, 7) is 3.65. The number of imidazole rings is 1. The summed E-state index contributed by atoms with van der Waals surface area (Å²) in [4.78, 5) is 41.9. The van der Waals surface area contributed by atoms with Crippen molar-refractivity contribution in [2.75, 3.05) is 13.1 Å². The maximum Gasteiger partial charge on any atom is 0.326 e. The van der Waals surface area contributed by atoms with E-state index < -0.39 is 0 Å². The van der Waals surface area contributed by atoms with E-state index in [-0.39, 0.29) is 23.2 Å². The molecule has 1 aliphatic rings. The fourth-order valence-corrected chi connectivity index (χ4v) is 3.96. The van der Waals surface area contributed by atoms with Gasteiger partial charge in [-0.2, -0.15) is 5.10 Å². The molecule has 8 nitrogen and oxygen atoms in total. The minimum atomic E-state index is -0.188. The molecule has 152 valence electrons. The Labute approximate surface area is 167 Å². The number of hydrogen-bond donors (Lipinski definition) is 1. The van der Waals surface area contributed by atoms with E-state index in [1.807, 2.05) is 31.2 Å². The van der Waals surface area contributed by atoms with Crippen LogP contribution in [0.1, 0.15) is 49.1 Å². The molecule has 0 spiro atoms. The van der Waals surface area contributed by atoms with Crippen LogP contribution in [0.25, 0.3) is 11.0 Å². The quantitative estimate of drug-likeness (QED) is 0.716. The number of aryl methyl sites for hydroxylation is 1. The van der Waals surface area contributed by atoms with E-state index in [4.69, 9.17) is 0 Å². The van der Waals surface area contributed by atoms with Crippen molar-refractivity contribution in [2.45, 2.75) is 45.2 Å². The van der Waals surface area contributed by atoms with Gasteiger partial charge in [0.05, 0.1) is 11.0 Å². The molecule has 1 amide bonds. The first kappa shape index (κ1) is 19.2. The van der Waals surface area contributed by atoms with Gasteiger partial charge in [-0.05, 0) is 37.5 Å². The van der Waals surface area contributed by atoms with Crippen molar-refractivity contribution >= 4 is 16.9 Å². The molecule has 2 aromatic heterocycles. The average molecular weight is 395 g/mol. The number of para-hydroxylation sites is 2. The van der Waals surface area contributed by atoms with Crippen LogP contribution in [-0.2, 0) is 6.54 Å². The van der Waals surface area contributed by atoms with Crippen molar-refractivity contribution < 1.29 is 4.79 Å². The van der Waals surface area contributed by atoms with Gasteiger partial charge < -0.3 is 9.88 Å². The van der Waals surface area contributed by atoms with Crippen molar-refractivity contribution in [3.05, 3.63) is 62.9 Å². The lowest BCUT2D eigenvalue weighted by atomic mass is 10.0. The largest absolute Gasteiger partial charge is 0.337 e. The summed E-state index contributed by atoms with van der Waals surface area (Å²) >= 11 is 0. The lowest BCUT2D eigenvalue weighted by Crippen LogP contribution is -2.41. The maximum absolute atomic E-state index is 12.9. The van der Waals surface area contributed by atoms with Gasteiger partial charge in [-0.15, -0.1) is 0 Å². The number of unbranched alkanes of at least 4 members (excludes halogenated alkanes) is 1. The number of aromatic amines is 1. The normalized spacial score (nSPS) is 15.1. The Kier molecular flexibility index (Phi) is 5.33. The molecule has 1 aliphatic heterocycles. The molecular weight excluding hydrogens is 370 g/mol. The zero-order valence-corrected chi connectivity index (χ0v) is 16.5. The van der Waals surface area contributed by atoms with E-state index in [2.05, 4.69) is 10.1 Å². The highest BCUT2D eigenvalue weighted by Crippen LogP contribution is 2.25. The van der Waals surface area contributed by atoms with Gasteiger partial charge in [0.15, 0.2) is 0 Å². The van der Waals surface area contributed by atoms with Crippen molar-refractivity contribution in [3.8, 4) is 0 Å². The lowest BCUT2D eigenvalue weighted by Gasteiger charge is -2.32. The zero-order valence-electron chi connectivity index (χ0n) is 16.5. The highest BCUT2D eigenvalue weighted by molar-refractivity contribution is 5.92. The van der Waals surface area contributed by atoms with Crippen LogP contribution in [0.2, 0.25) is 0 Å². The number of hydrogen-bond acceptors (Lipinski definition) is 4. The summed E-state index contributed by atoms with van der Waals surface area (Å²) in [5.74, 6) is -0.167. The number of piperidine rings is 1. The Hall–Kier alpha value is -3.16. The smallest absolute Gasteiger partial charge is 0.326 e. The molecule has 1 aromatic carbocycles. The molecule has 1 N–H and O–H groups in total. The third-order valence-electron chi connectivity index (χ3n) is 5.55. The van der Waals surface area contributed by atoms with Crippen LogP contribution in [0.3, 0.4) is 0 Å². The zero-order chi connectivity index (χ0) is 20.4. The van der Waals surface area contributed by atoms with Gasteiger partial charge in [0.2, 0.25) is 0 Å². The summed E-state index contributed by atoms with van der Waals surface area (Å²) in [6.07, 6.45) is 3.19. The lowest BCUT2D eigenvalue weighted by molar-refractivity contribution is 0.0686. The van der Waals surface area contributed by atoms with Gasteiger partial charge in [-0.3, -0.25) is 14.2 Å². The van der Waals surface area contributed by atoms with Crippen LogP contribution in [-0.4, -0.2) is 43.2 Å². The molecule has 3 aromatic rings. The summed E-state index contributed by atoms with van der Waals surface area (Å²) in [7, 11) is 0. The minimum absolute atomic E-state index is 0.0502. The molecule has 0 bridgehead atoms. The van der Waals surface area contributed by atoms with E-state index in [0.29, 0.717) is 38.2 Å². The number of H-pyrrole nitrogens is 1. The molecule has 29 heavy (non-hydrogen) atoms. The number of likely N-dealkylation sites (tertiary alicyclic amines) is 1. The van der Waals surface area contributed by atoms with Crippen LogP contribution >= 0.6 is 0 Å². The molecule has 0 aliphatic carbocycles. The van der Waals surface area contributed by atoms with Crippen LogP contribution in [0.4, 0.5) is 0 Å². The number of nitrogens with zero attached hydrogens (tertiary/aromatic N) is 4. The van der Waals surface area contributed by atoms with Crippen LogP contribution in [0.5, 0.6) is 0 Å². The van der Waals surface area contributed by atoms with Crippen molar-refractivity contribution in [3.63, 3.8) is 0 Å². The van der Waals surface area contributed by atoms with Gasteiger partial charge >= 0.3 is 5.69 Å². The number of rotatable bonds is 5. The number of nitrogens with one attached hydrogen (secondary N) is 1. The second-order valence-corrected chi connectivity index (χ2v) is 7.47. The van der Waals surface area contributed by atoms with Crippen LogP contribution < -0.4 is 11.2 Å². The minimum Gasteiger partial charge on any atom is -0.337 e. The van der Waals surface area contributed by atoms with E-state index in [0.717, 1.165) is 23.9 Å². The number of carbonyl (C=O) groups is 1. The van der Waals surface area contributed by atoms with Crippen molar-refractivity contribution in [1.29, 1.82) is 0 Å². The first-order valence-corrected chi connectivity index (χ1v) is 10.1. The van der Waals surface area contributed by atoms with Gasteiger partial charge in [-0.1, -0.05) is 25.5 Å². The summed E-state index contributed by atoms with van der Waals surface area (Å²) in [5.41, 5.74) is 1.72. The molecule has 0 atom stereocenters. The highest BCUT2D eigenvalue weighted by atomic mass is 16.2. The predicted octanol–water partition coefficient (Wildman–Crippen LogP) is 2.16. The Balaban J connectivity index is 1.48. The second kappa shape index (κ2) is 8.06. The number of carbonyl (C=O) groups excluding carboxylic acids is 1. The highest BCUT2D eigenvalue weighted by Gasteiger charge is 2.27. The van der Waals surface area contributed by atoms with E-state index in [1.165, 1.54) is 16.8 Å². The molecule has 0 radical (unpaired) electrons. The molecule has 3 heterocycles. The second-order valence-electron chi connectivity index (χ2n) is 7.47. The summed E-state index contributed by atoms with van der Waals surface area (Å²) < 4.78 is 3.18. The number of aromatic nitrogens is 4. The fraction of sp³-hybridized carbons (Fsp3) is 0.429. The monoisotopic (exact) mass is 395 g/mol. The van der Waals surface area contributed by atoms with E-state index in [1.54, 1.807) is 9.47 Å². The van der Waals surface area contributed by atoms with Gasteiger partial charge in [0, 0.05) is 31.7 Å². The number of amides is 1. The Bertz CT molecular complexity index is 1130.